The summed E-state index contributed by atoms with van der Waals surface area (Å²) in [4.78, 5) is 9.87. The predicted molar refractivity (Wildman–Crippen MR) is 34.3 cm³/mol. The summed E-state index contributed by atoms with van der Waals surface area (Å²) in [6, 6.07) is 0. The van der Waals surface area contributed by atoms with Crippen molar-refractivity contribution in [1.29, 1.82) is 0 Å². The van der Waals surface area contributed by atoms with Crippen LogP contribution in [0.15, 0.2) is 0 Å². The molecule has 1 aliphatic heterocycles. The number of carbonyl (C=O) groups excluding carboxylic acids is 1. The predicted octanol–water partition coefficient (Wildman–Crippen LogP) is 1.14. The van der Waals surface area contributed by atoms with Gasteiger partial charge in [-0.05, 0) is 19.8 Å². The van der Waals surface area contributed by atoms with Gasteiger partial charge in [0.15, 0.2) is 0 Å². The van der Waals surface area contributed by atoms with E-state index in [1.807, 2.05) is 0 Å². The van der Waals surface area contributed by atoms with Crippen molar-refractivity contribution in [3.63, 3.8) is 0 Å². The molecule has 1 rings (SSSR count). The second-order valence-corrected chi connectivity index (χ2v) is 2.80. The monoisotopic (exact) mass is 128 g/mol. The highest BCUT2D eigenvalue weighted by atomic mass is 16.6. The average molecular weight is 128 g/mol. The molecule has 0 aromatic heterocycles. The summed E-state index contributed by atoms with van der Waals surface area (Å²) in [6.45, 7) is 2.96. The minimum absolute atomic E-state index is 0.142. The molecule has 1 heterocycles. The summed E-state index contributed by atoms with van der Waals surface area (Å²) in [5, 5.41) is 0. The van der Waals surface area contributed by atoms with Crippen LogP contribution in [0.2, 0.25) is 0 Å². The first-order valence-corrected chi connectivity index (χ1v) is 3.34. The Morgan fingerprint density at radius 1 is 1.78 bits per heavy atom. The molecular weight excluding hydrogens is 116 g/mol. The van der Waals surface area contributed by atoms with E-state index < -0.39 is 0 Å². The first-order chi connectivity index (χ1) is 4.27. The molecule has 2 nitrogen and oxygen atoms in total. The zero-order chi connectivity index (χ0) is 6.74. The van der Waals surface area contributed by atoms with E-state index in [0.717, 1.165) is 25.7 Å². The summed E-state index contributed by atoms with van der Waals surface area (Å²) in [7, 11) is 0. The van der Waals surface area contributed by atoms with Crippen molar-refractivity contribution in [1.82, 2.24) is 0 Å². The summed E-state index contributed by atoms with van der Waals surface area (Å²) in [6.07, 6.45) is 3.65. The fourth-order valence-corrected chi connectivity index (χ4v) is 0.827. The minimum Gasteiger partial charge on any atom is -0.370 e. The third-order valence-electron chi connectivity index (χ3n) is 1.66. The molecule has 0 saturated carbocycles. The van der Waals surface area contributed by atoms with Gasteiger partial charge >= 0.3 is 0 Å². The van der Waals surface area contributed by atoms with Crippen LogP contribution in [-0.4, -0.2) is 18.5 Å². The number of rotatable bonds is 4. The fourth-order valence-electron chi connectivity index (χ4n) is 0.827. The molecule has 1 atom stereocenters. The van der Waals surface area contributed by atoms with Crippen molar-refractivity contribution in [2.75, 3.05) is 6.61 Å². The van der Waals surface area contributed by atoms with Crippen LogP contribution in [0.25, 0.3) is 0 Å². The fraction of sp³-hybridized carbons (Fsp3) is 0.857. The van der Waals surface area contributed by atoms with E-state index in [-0.39, 0.29) is 5.60 Å². The molecule has 0 aromatic rings. The van der Waals surface area contributed by atoms with E-state index in [1.54, 1.807) is 0 Å². The molecule has 1 fully saturated rings. The van der Waals surface area contributed by atoms with Gasteiger partial charge in [0, 0.05) is 6.42 Å². The third-order valence-corrected chi connectivity index (χ3v) is 1.66. The Hall–Kier alpha value is -0.370. The second-order valence-electron chi connectivity index (χ2n) is 2.80. The van der Waals surface area contributed by atoms with Gasteiger partial charge < -0.3 is 9.53 Å². The Labute approximate surface area is 55.2 Å². The van der Waals surface area contributed by atoms with Crippen molar-refractivity contribution in [2.45, 2.75) is 31.8 Å². The number of ether oxygens (including phenoxy) is 1. The Balaban J connectivity index is 1.98. The maximum atomic E-state index is 9.87. The Bertz CT molecular complexity index is 105. The standard InChI is InChI=1S/C7H12O2/c1-7(6-9-7)4-2-3-5-8/h5H,2-4,6H2,1H3. The Kier molecular flexibility index (Phi) is 1.86. The lowest BCUT2D eigenvalue weighted by Crippen LogP contribution is -2.02. The number of hydrogen-bond acceptors (Lipinski definition) is 2. The van der Waals surface area contributed by atoms with Gasteiger partial charge in [-0.15, -0.1) is 0 Å². The van der Waals surface area contributed by atoms with Gasteiger partial charge in [0.05, 0.1) is 12.2 Å². The summed E-state index contributed by atoms with van der Waals surface area (Å²) in [5.74, 6) is 0. The summed E-state index contributed by atoms with van der Waals surface area (Å²) in [5.41, 5.74) is 0.142. The molecule has 0 bridgehead atoms. The van der Waals surface area contributed by atoms with Gasteiger partial charge in [0.25, 0.3) is 0 Å². The summed E-state index contributed by atoms with van der Waals surface area (Å²) < 4.78 is 5.13. The lowest BCUT2D eigenvalue weighted by molar-refractivity contribution is -0.107. The van der Waals surface area contributed by atoms with Crippen LogP contribution in [0, 0.1) is 0 Å². The quantitative estimate of drug-likeness (QED) is 0.323. The van der Waals surface area contributed by atoms with Crippen molar-refractivity contribution >= 4 is 6.29 Å². The topological polar surface area (TPSA) is 29.6 Å². The molecule has 0 aromatic carbocycles. The van der Waals surface area contributed by atoms with Crippen LogP contribution in [0.1, 0.15) is 26.2 Å². The molecule has 52 valence electrons. The Morgan fingerprint density at radius 3 is 2.89 bits per heavy atom. The summed E-state index contributed by atoms with van der Waals surface area (Å²) >= 11 is 0. The number of aldehydes is 1. The van der Waals surface area contributed by atoms with Crippen LogP contribution in [0.4, 0.5) is 0 Å². The van der Waals surface area contributed by atoms with Gasteiger partial charge in [0.1, 0.15) is 6.29 Å². The second kappa shape index (κ2) is 2.48. The normalized spacial score (nSPS) is 32.1. The van der Waals surface area contributed by atoms with Crippen LogP contribution in [0.3, 0.4) is 0 Å². The number of carbonyl (C=O) groups is 1. The van der Waals surface area contributed by atoms with E-state index in [4.69, 9.17) is 4.74 Å². The molecule has 0 radical (unpaired) electrons. The van der Waals surface area contributed by atoms with Gasteiger partial charge in [-0.25, -0.2) is 0 Å². The Morgan fingerprint density at radius 2 is 2.44 bits per heavy atom. The maximum absolute atomic E-state index is 9.87. The zero-order valence-electron chi connectivity index (χ0n) is 5.72. The van der Waals surface area contributed by atoms with Crippen LogP contribution >= 0.6 is 0 Å². The smallest absolute Gasteiger partial charge is 0.119 e. The lowest BCUT2D eigenvalue weighted by Gasteiger charge is -1.99. The minimum atomic E-state index is 0.142. The lowest BCUT2D eigenvalue weighted by atomic mass is 10.1. The molecule has 0 amide bonds. The average Bonchev–Trinajstić information content (AvgIpc) is 2.50. The first-order valence-electron chi connectivity index (χ1n) is 3.34. The van der Waals surface area contributed by atoms with Crippen molar-refractivity contribution < 1.29 is 9.53 Å². The van der Waals surface area contributed by atoms with Crippen molar-refractivity contribution in [3.05, 3.63) is 0 Å². The molecule has 9 heavy (non-hydrogen) atoms. The molecule has 0 N–H and O–H groups in total. The van der Waals surface area contributed by atoms with Gasteiger partial charge in [-0.2, -0.15) is 0 Å². The maximum Gasteiger partial charge on any atom is 0.119 e. The van der Waals surface area contributed by atoms with Crippen LogP contribution < -0.4 is 0 Å². The van der Waals surface area contributed by atoms with E-state index in [1.165, 1.54) is 0 Å². The molecular formula is C7H12O2. The number of hydrogen-bond donors (Lipinski definition) is 0. The molecule has 1 saturated heterocycles. The number of unbranched alkanes of at least 4 members (excludes halogenated alkanes) is 1. The first kappa shape index (κ1) is 6.75. The zero-order valence-corrected chi connectivity index (χ0v) is 5.72. The van der Waals surface area contributed by atoms with Gasteiger partial charge in [-0.3, -0.25) is 0 Å². The highest BCUT2D eigenvalue weighted by Crippen LogP contribution is 2.31. The molecule has 1 aliphatic rings. The molecule has 0 spiro atoms. The number of epoxide rings is 1. The van der Waals surface area contributed by atoms with Gasteiger partial charge in [0.2, 0.25) is 0 Å². The van der Waals surface area contributed by atoms with Crippen LogP contribution in [-0.2, 0) is 9.53 Å². The largest absolute Gasteiger partial charge is 0.370 e. The van der Waals surface area contributed by atoms with E-state index in [2.05, 4.69) is 6.92 Å². The van der Waals surface area contributed by atoms with E-state index >= 15 is 0 Å². The van der Waals surface area contributed by atoms with Crippen LogP contribution in [0.5, 0.6) is 0 Å². The third kappa shape index (κ3) is 2.14. The molecule has 2 heteroatoms. The van der Waals surface area contributed by atoms with Crippen molar-refractivity contribution in [3.8, 4) is 0 Å². The van der Waals surface area contributed by atoms with Gasteiger partial charge in [-0.1, -0.05) is 0 Å². The van der Waals surface area contributed by atoms with E-state index in [9.17, 15) is 4.79 Å². The highest BCUT2D eigenvalue weighted by Gasteiger charge is 2.37. The molecule has 0 aliphatic carbocycles. The SMILES string of the molecule is CC1(CCCC=O)CO1. The van der Waals surface area contributed by atoms with Crippen molar-refractivity contribution in [2.24, 2.45) is 0 Å². The highest BCUT2D eigenvalue weighted by molar-refractivity contribution is 5.49. The molecule has 1 unspecified atom stereocenters. The van der Waals surface area contributed by atoms with E-state index in [0.29, 0.717) is 6.42 Å².